The van der Waals surface area contributed by atoms with E-state index < -0.39 is 0 Å². The van der Waals surface area contributed by atoms with Crippen molar-refractivity contribution in [2.75, 3.05) is 13.2 Å². The van der Waals surface area contributed by atoms with Crippen molar-refractivity contribution in [3.05, 3.63) is 65.0 Å². The minimum Gasteiger partial charge on any atom is -0.491 e. The number of thiophene rings is 1. The van der Waals surface area contributed by atoms with Gasteiger partial charge < -0.3 is 10.1 Å². The van der Waals surface area contributed by atoms with Crippen molar-refractivity contribution in [2.45, 2.75) is 6.42 Å². The molecule has 24 heavy (non-hydrogen) atoms. The second-order valence-corrected chi connectivity index (χ2v) is 6.15. The van der Waals surface area contributed by atoms with Gasteiger partial charge in [0, 0.05) is 29.1 Å². The fraction of sp³-hybridized carbons (Fsp3) is 0.158. The molecule has 2 aromatic heterocycles. The highest BCUT2D eigenvalue weighted by atomic mass is 32.1. The molecule has 0 unspecified atom stereocenters. The fourth-order valence-electron chi connectivity index (χ4n) is 2.26. The summed E-state index contributed by atoms with van der Waals surface area (Å²) < 4.78 is 5.79. The maximum atomic E-state index is 11.7. The molecule has 0 aliphatic carbocycles. The summed E-state index contributed by atoms with van der Waals surface area (Å²) in [6.45, 7) is 1.11. The van der Waals surface area contributed by atoms with E-state index in [2.05, 4.69) is 10.3 Å². The van der Waals surface area contributed by atoms with Crippen LogP contribution in [0.1, 0.15) is 11.3 Å². The van der Waals surface area contributed by atoms with E-state index in [1.54, 1.807) is 23.6 Å². The summed E-state index contributed by atoms with van der Waals surface area (Å²) in [6.07, 6.45) is 5.87. The van der Waals surface area contributed by atoms with Gasteiger partial charge in [0.2, 0.25) is 5.91 Å². The number of nitrogens with one attached hydrogen (secondary N) is 1. The van der Waals surface area contributed by atoms with Gasteiger partial charge in [-0.2, -0.15) is 0 Å². The van der Waals surface area contributed by atoms with E-state index in [0.717, 1.165) is 28.0 Å². The Morgan fingerprint density at radius 2 is 2.12 bits per heavy atom. The van der Waals surface area contributed by atoms with Crippen LogP contribution in [0.3, 0.4) is 0 Å². The predicted octanol–water partition coefficient (Wildman–Crippen LogP) is 3.89. The van der Waals surface area contributed by atoms with Crippen LogP contribution >= 0.6 is 11.3 Å². The number of hydrogen-bond donors (Lipinski definition) is 1. The SMILES string of the molecule is O=C(/C=C/c1cccs1)NCCCOc1cccc2cccnc12. The van der Waals surface area contributed by atoms with Gasteiger partial charge in [-0.1, -0.05) is 24.3 Å². The first-order valence-electron chi connectivity index (χ1n) is 7.79. The van der Waals surface area contributed by atoms with E-state index in [1.807, 2.05) is 53.9 Å². The van der Waals surface area contributed by atoms with Gasteiger partial charge >= 0.3 is 0 Å². The number of para-hydroxylation sites is 1. The molecule has 4 nitrogen and oxygen atoms in total. The van der Waals surface area contributed by atoms with Crippen molar-refractivity contribution >= 4 is 34.2 Å². The Bertz CT molecular complexity index is 823. The third kappa shape index (κ3) is 4.43. The van der Waals surface area contributed by atoms with Gasteiger partial charge in [0.05, 0.1) is 6.61 Å². The normalized spacial score (nSPS) is 11.0. The van der Waals surface area contributed by atoms with E-state index in [9.17, 15) is 4.79 Å². The smallest absolute Gasteiger partial charge is 0.244 e. The summed E-state index contributed by atoms with van der Waals surface area (Å²) in [6, 6.07) is 13.7. The Morgan fingerprint density at radius 3 is 3.00 bits per heavy atom. The highest BCUT2D eigenvalue weighted by Gasteiger charge is 2.02. The van der Waals surface area contributed by atoms with Crippen LogP contribution in [0.15, 0.2) is 60.1 Å². The average molecular weight is 338 g/mol. The molecule has 0 radical (unpaired) electrons. The first-order chi connectivity index (χ1) is 11.8. The maximum absolute atomic E-state index is 11.7. The second kappa shape index (κ2) is 8.26. The number of aromatic nitrogens is 1. The molecule has 1 amide bonds. The van der Waals surface area contributed by atoms with Crippen LogP contribution in [0.4, 0.5) is 0 Å². The lowest BCUT2D eigenvalue weighted by Crippen LogP contribution is -2.23. The first-order valence-corrected chi connectivity index (χ1v) is 8.67. The molecule has 0 saturated heterocycles. The summed E-state index contributed by atoms with van der Waals surface area (Å²) >= 11 is 1.60. The number of carbonyl (C=O) groups is 1. The molecular weight excluding hydrogens is 320 g/mol. The third-order valence-corrected chi connectivity index (χ3v) is 4.25. The molecule has 0 saturated carbocycles. The maximum Gasteiger partial charge on any atom is 0.244 e. The molecule has 5 heteroatoms. The summed E-state index contributed by atoms with van der Waals surface area (Å²) in [7, 11) is 0. The van der Waals surface area contributed by atoms with Crippen LogP contribution in [-0.2, 0) is 4.79 Å². The molecule has 122 valence electrons. The van der Waals surface area contributed by atoms with Crippen LogP contribution in [-0.4, -0.2) is 24.0 Å². The van der Waals surface area contributed by atoms with Gasteiger partial charge in [0.1, 0.15) is 11.3 Å². The molecule has 2 heterocycles. The minimum absolute atomic E-state index is 0.0878. The highest BCUT2D eigenvalue weighted by molar-refractivity contribution is 7.10. The number of hydrogen-bond acceptors (Lipinski definition) is 4. The monoisotopic (exact) mass is 338 g/mol. The highest BCUT2D eigenvalue weighted by Crippen LogP contribution is 2.22. The van der Waals surface area contributed by atoms with Crippen molar-refractivity contribution in [2.24, 2.45) is 0 Å². The number of carbonyl (C=O) groups excluding carboxylic acids is 1. The van der Waals surface area contributed by atoms with Gasteiger partial charge in [-0.15, -0.1) is 11.3 Å². The van der Waals surface area contributed by atoms with Crippen LogP contribution in [0.2, 0.25) is 0 Å². The van der Waals surface area contributed by atoms with Gasteiger partial charge in [-0.05, 0) is 36.1 Å². The Labute approximate surface area is 144 Å². The number of fused-ring (bicyclic) bond motifs is 1. The van der Waals surface area contributed by atoms with Gasteiger partial charge in [-0.3, -0.25) is 9.78 Å². The molecule has 0 bridgehead atoms. The molecule has 0 fully saturated rings. The van der Waals surface area contributed by atoms with Crippen molar-refractivity contribution in [3.63, 3.8) is 0 Å². The van der Waals surface area contributed by atoms with Crippen molar-refractivity contribution < 1.29 is 9.53 Å². The zero-order valence-corrected chi connectivity index (χ0v) is 14.0. The number of pyridine rings is 1. The Kier molecular flexibility index (Phi) is 5.58. The molecule has 3 aromatic rings. The molecule has 0 atom stereocenters. The number of ether oxygens (including phenoxy) is 1. The minimum atomic E-state index is -0.0878. The lowest BCUT2D eigenvalue weighted by molar-refractivity contribution is -0.116. The van der Waals surface area contributed by atoms with E-state index in [-0.39, 0.29) is 5.91 Å². The summed E-state index contributed by atoms with van der Waals surface area (Å²) in [5.74, 6) is 0.687. The zero-order valence-electron chi connectivity index (χ0n) is 13.1. The standard InChI is InChI=1S/C19H18N2O2S/c22-18(10-9-16-7-3-14-24-16)20-12-4-13-23-17-8-1-5-15-6-2-11-21-19(15)17/h1-3,5-11,14H,4,12-13H2,(H,20,22)/b10-9+. The zero-order chi connectivity index (χ0) is 16.6. The summed E-state index contributed by atoms with van der Waals surface area (Å²) in [5.41, 5.74) is 0.864. The van der Waals surface area contributed by atoms with Gasteiger partial charge in [0.25, 0.3) is 0 Å². The molecule has 1 N–H and O–H groups in total. The molecule has 0 aliphatic heterocycles. The van der Waals surface area contributed by atoms with Crippen molar-refractivity contribution in [1.29, 1.82) is 0 Å². The topological polar surface area (TPSA) is 51.2 Å². The molecule has 3 rings (SSSR count). The fourth-order valence-corrected chi connectivity index (χ4v) is 2.88. The molecular formula is C19H18N2O2S. The predicted molar refractivity (Wildman–Crippen MR) is 98.2 cm³/mol. The third-order valence-electron chi connectivity index (χ3n) is 3.42. The van der Waals surface area contributed by atoms with Gasteiger partial charge in [0.15, 0.2) is 0 Å². The van der Waals surface area contributed by atoms with E-state index in [0.29, 0.717) is 13.2 Å². The average Bonchev–Trinajstić information content (AvgIpc) is 3.13. The number of benzene rings is 1. The van der Waals surface area contributed by atoms with Crippen LogP contribution < -0.4 is 10.1 Å². The first kappa shape index (κ1) is 16.2. The van der Waals surface area contributed by atoms with Crippen LogP contribution in [0.5, 0.6) is 5.75 Å². The van der Waals surface area contributed by atoms with Crippen LogP contribution in [0.25, 0.3) is 17.0 Å². The van der Waals surface area contributed by atoms with Gasteiger partial charge in [-0.25, -0.2) is 0 Å². The van der Waals surface area contributed by atoms with Crippen LogP contribution in [0, 0.1) is 0 Å². The van der Waals surface area contributed by atoms with Crippen molar-refractivity contribution in [1.82, 2.24) is 10.3 Å². The molecule has 0 spiro atoms. The Hall–Kier alpha value is -2.66. The van der Waals surface area contributed by atoms with Crippen molar-refractivity contribution in [3.8, 4) is 5.75 Å². The van der Waals surface area contributed by atoms with E-state index in [1.165, 1.54) is 0 Å². The summed E-state index contributed by atoms with van der Waals surface area (Å²) in [5, 5.41) is 5.89. The second-order valence-electron chi connectivity index (χ2n) is 5.17. The molecule has 0 aliphatic rings. The van der Waals surface area contributed by atoms with E-state index in [4.69, 9.17) is 4.74 Å². The number of rotatable bonds is 7. The number of nitrogens with zero attached hydrogens (tertiary/aromatic N) is 1. The van der Waals surface area contributed by atoms with E-state index >= 15 is 0 Å². The number of amides is 1. The lowest BCUT2D eigenvalue weighted by Gasteiger charge is -2.08. The quantitative estimate of drug-likeness (QED) is 0.525. The molecule has 1 aromatic carbocycles. The summed E-state index contributed by atoms with van der Waals surface area (Å²) in [4.78, 5) is 17.1. The lowest BCUT2D eigenvalue weighted by atomic mass is 10.2. The Morgan fingerprint density at radius 1 is 1.21 bits per heavy atom. The Balaban J connectivity index is 1.41. The largest absolute Gasteiger partial charge is 0.491 e.